The summed E-state index contributed by atoms with van der Waals surface area (Å²) in [5.41, 5.74) is 6.22. The Hall–Kier alpha value is -1.42. The van der Waals surface area contributed by atoms with E-state index in [-0.39, 0.29) is 12.0 Å². The van der Waals surface area contributed by atoms with Crippen LogP contribution in [-0.4, -0.2) is 0 Å². The van der Waals surface area contributed by atoms with Gasteiger partial charge in [-0.3, -0.25) is 0 Å². The standard InChI is InChI=1S/C12H13F2NO/c1-6(2)12(15)11-4-7-3-8(13)9(14)5-10(7)16-11/h3-6,12H,15H2,1-2H3/t12-/m1/s1. The minimum Gasteiger partial charge on any atom is -0.459 e. The molecule has 0 fully saturated rings. The maximum Gasteiger partial charge on any atom is 0.162 e. The molecule has 0 spiro atoms. The van der Waals surface area contributed by atoms with Gasteiger partial charge in [-0.05, 0) is 18.1 Å². The van der Waals surface area contributed by atoms with Gasteiger partial charge >= 0.3 is 0 Å². The van der Waals surface area contributed by atoms with Crippen LogP contribution in [0.15, 0.2) is 22.6 Å². The van der Waals surface area contributed by atoms with Crippen molar-refractivity contribution in [1.82, 2.24) is 0 Å². The molecule has 86 valence electrons. The molecular weight excluding hydrogens is 212 g/mol. The van der Waals surface area contributed by atoms with E-state index in [4.69, 9.17) is 10.2 Å². The van der Waals surface area contributed by atoms with Crippen molar-refractivity contribution in [2.45, 2.75) is 19.9 Å². The largest absolute Gasteiger partial charge is 0.459 e. The van der Waals surface area contributed by atoms with Crippen molar-refractivity contribution < 1.29 is 13.2 Å². The first-order valence-electron chi connectivity index (χ1n) is 5.13. The number of rotatable bonds is 2. The summed E-state index contributed by atoms with van der Waals surface area (Å²) in [5.74, 6) is -1.03. The molecule has 0 bridgehead atoms. The van der Waals surface area contributed by atoms with Gasteiger partial charge in [0.05, 0.1) is 6.04 Å². The molecule has 0 amide bonds. The van der Waals surface area contributed by atoms with E-state index in [1.54, 1.807) is 6.07 Å². The van der Waals surface area contributed by atoms with Crippen molar-refractivity contribution in [3.8, 4) is 0 Å². The molecule has 0 radical (unpaired) electrons. The SMILES string of the molecule is CC(C)[C@@H](N)c1cc2cc(F)c(F)cc2o1. The predicted octanol–water partition coefficient (Wildman–Crippen LogP) is 3.37. The molecule has 2 aromatic rings. The van der Waals surface area contributed by atoms with E-state index in [0.717, 1.165) is 12.1 Å². The van der Waals surface area contributed by atoms with Crippen LogP contribution in [-0.2, 0) is 0 Å². The number of halogens is 2. The van der Waals surface area contributed by atoms with Crippen molar-refractivity contribution in [2.24, 2.45) is 11.7 Å². The molecule has 0 aliphatic rings. The lowest BCUT2D eigenvalue weighted by Crippen LogP contribution is -2.15. The second kappa shape index (κ2) is 3.87. The third kappa shape index (κ3) is 1.80. The Balaban J connectivity index is 2.52. The van der Waals surface area contributed by atoms with E-state index >= 15 is 0 Å². The number of fused-ring (bicyclic) bond motifs is 1. The lowest BCUT2D eigenvalue weighted by atomic mass is 10.0. The highest BCUT2D eigenvalue weighted by atomic mass is 19.2. The minimum absolute atomic E-state index is 0.204. The summed E-state index contributed by atoms with van der Waals surface area (Å²) in [6.07, 6.45) is 0. The minimum atomic E-state index is -0.911. The molecule has 1 heterocycles. The van der Waals surface area contributed by atoms with Crippen LogP contribution in [0.25, 0.3) is 11.0 Å². The van der Waals surface area contributed by atoms with Gasteiger partial charge < -0.3 is 10.2 Å². The van der Waals surface area contributed by atoms with E-state index in [2.05, 4.69) is 0 Å². The van der Waals surface area contributed by atoms with Crippen LogP contribution in [0.5, 0.6) is 0 Å². The Kier molecular flexibility index (Phi) is 2.68. The molecule has 4 heteroatoms. The molecule has 16 heavy (non-hydrogen) atoms. The van der Waals surface area contributed by atoms with Crippen molar-refractivity contribution >= 4 is 11.0 Å². The number of benzene rings is 1. The number of nitrogens with two attached hydrogens (primary N) is 1. The van der Waals surface area contributed by atoms with Gasteiger partial charge in [0.1, 0.15) is 11.3 Å². The second-order valence-electron chi connectivity index (χ2n) is 4.22. The van der Waals surface area contributed by atoms with Crippen molar-refractivity contribution in [2.75, 3.05) is 0 Å². The average molecular weight is 225 g/mol. The van der Waals surface area contributed by atoms with Gasteiger partial charge in [0, 0.05) is 11.5 Å². The van der Waals surface area contributed by atoms with Crippen molar-refractivity contribution in [3.05, 3.63) is 35.6 Å². The smallest absolute Gasteiger partial charge is 0.162 e. The maximum atomic E-state index is 13.0. The number of hydrogen-bond donors (Lipinski definition) is 1. The van der Waals surface area contributed by atoms with Crippen LogP contribution >= 0.6 is 0 Å². The zero-order chi connectivity index (χ0) is 11.9. The van der Waals surface area contributed by atoms with Gasteiger partial charge in [0.15, 0.2) is 11.6 Å². The topological polar surface area (TPSA) is 39.2 Å². The lowest BCUT2D eigenvalue weighted by molar-refractivity contribution is 0.417. The fourth-order valence-corrected chi connectivity index (χ4v) is 1.55. The van der Waals surface area contributed by atoms with Crippen LogP contribution < -0.4 is 5.73 Å². The summed E-state index contributed by atoms with van der Waals surface area (Å²) >= 11 is 0. The molecule has 2 N–H and O–H groups in total. The molecule has 0 saturated heterocycles. The fourth-order valence-electron chi connectivity index (χ4n) is 1.55. The first-order valence-corrected chi connectivity index (χ1v) is 5.13. The summed E-state index contributed by atoms with van der Waals surface area (Å²) in [4.78, 5) is 0. The summed E-state index contributed by atoms with van der Waals surface area (Å²) in [7, 11) is 0. The lowest BCUT2D eigenvalue weighted by Gasteiger charge is -2.11. The normalized spacial score (nSPS) is 13.6. The Bertz CT molecular complexity index is 480. The summed E-state index contributed by atoms with van der Waals surface area (Å²) < 4.78 is 31.3. The van der Waals surface area contributed by atoms with Gasteiger partial charge in [0.25, 0.3) is 0 Å². The predicted molar refractivity (Wildman–Crippen MR) is 57.9 cm³/mol. The molecule has 2 rings (SSSR count). The molecule has 1 aromatic carbocycles. The van der Waals surface area contributed by atoms with E-state index in [9.17, 15) is 8.78 Å². The van der Waals surface area contributed by atoms with Gasteiger partial charge in [-0.2, -0.15) is 0 Å². The summed E-state index contributed by atoms with van der Waals surface area (Å²) in [5, 5.41) is 0.532. The molecule has 0 aliphatic carbocycles. The Morgan fingerprint density at radius 3 is 2.38 bits per heavy atom. The Labute approximate surface area is 92.0 Å². The molecule has 0 aliphatic heterocycles. The van der Waals surface area contributed by atoms with Crippen LogP contribution in [0.3, 0.4) is 0 Å². The van der Waals surface area contributed by atoms with Gasteiger partial charge in [-0.15, -0.1) is 0 Å². The van der Waals surface area contributed by atoms with E-state index < -0.39 is 11.6 Å². The zero-order valence-corrected chi connectivity index (χ0v) is 9.13. The molecule has 0 saturated carbocycles. The third-order valence-electron chi connectivity index (χ3n) is 2.63. The second-order valence-corrected chi connectivity index (χ2v) is 4.22. The van der Waals surface area contributed by atoms with Crippen LogP contribution in [0.1, 0.15) is 25.6 Å². The summed E-state index contributed by atoms with van der Waals surface area (Å²) in [6, 6.07) is 3.55. The Morgan fingerprint density at radius 2 is 1.75 bits per heavy atom. The van der Waals surface area contributed by atoms with Gasteiger partial charge in [-0.25, -0.2) is 8.78 Å². The number of hydrogen-bond acceptors (Lipinski definition) is 2. The third-order valence-corrected chi connectivity index (χ3v) is 2.63. The fraction of sp³-hybridized carbons (Fsp3) is 0.333. The highest BCUT2D eigenvalue weighted by Gasteiger charge is 2.16. The Morgan fingerprint density at radius 1 is 1.12 bits per heavy atom. The van der Waals surface area contributed by atoms with Crippen molar-refractivity contribution in [3.63, 3.8) is 0 Å². The quantitative estimate of drug-likeness (QED) is 0.851. The molecular formula is C12H13F2NO. The first-order chi connectivity index (χ1) is 7.49. The van der Waals surface area contributed by atoms with Gasteiger partial charge in [0.2, 0.25) is 0 Å². The molecule has 2 nitrogen and oxygen atoms in total. The van der Waals surface area contributed by atoms with Crippen LogP contribution in [0.4, 0.5) is 8.78 Å². The van der Waals surface area contributed by atoms with Crippen LogP contribution in [0.2, 0.25) is 0 Å². The highest BCUT2D eigenvalue weighted by molar-refractivity contribution is 5.78. The maximum absolute atomic E-state index is 13.0. The summed E-state index contributed by atoms with van der Waals surface area (Å²) in [6.45, 7) is 3.91. The van der Waals surface area contributed by atoms with Crippen LogP contribution in [0, 0.1) is 17.6 Å². The van der Waals surface area contributed by atoms with E-state index in [0.29, 0.717) is 16.7 Å². The monoisotopic (exact) mass is 225 g/mol. The van der Waals surface area contributed by atoms with E-state index in [1.165, 1.54) is 0 Å². The average Bonchev–Trinajstić information content (AvgIpc) is 2.60. The molecule has 0 unspecified atom stereocenters. The van der Waals surface area contributed by atoms with Gasteiger partial charge in [-0.1, -0.05) is 13.8 Å². The van der Waals surface area contributed by atoms with Crippen molar-refractivity contribution in [1.29, 1.82) is 0 Å². The zero-order valence-electron chi connectivity index (χ0n) is 9.13. The molecule has 1 atom stereocenters. The highest BCUT2D eigenvalue weighted by Crippen LogP contribution is 2.27. The first kappa shape index (κ1) is 11.1. The van der Waals surface area contributed by atoms with E-state index in [1.807, 2.05) is 13.8 Å². The number of furan rings is 1. The molecule has 1 aromatic heterocycles.